The molecule has 3 aromatic carbocycles. The van der Waals surface area contributed by atoms with Crippen LogP contribution >= 0.6 is 0 Å². The van der Waals surface area contributed by atoms with Crippen molar-refractivity contribution in [2.45, 2.75) is 69.2 Å². The van der Waals surface area contributed by atoms with E-state index in [0.29, 0.717) is 0 Å². The van der Waals surface area contributed by atoms with Crippen molar-refractivity contribution >= 4 is 35.7 Å². The minimum absolute atomic E-state index is 0.0137. The van der Waals surface area contributed by atoms with E-state index in [1.165, 1.54) is 25.3 Å². The minimum atomic E-state index is -4.27. The molecule has 0 saturated heterocycles. The second kappa shape index (κ2) is 14.5. The molecule has 0 spiro atoms. The van der Waals surface area contributed by atoms with E-state index in [2.05, 4.69) is 39.2 Å². The summed E-state index contributed by atoms with van der Waals surface area (Å²) in [4.78, 5) is 24.7. The molecule has 0 bridgehead atoms. The number of anilines is 1. The molecule has 0 aliphatic rings. The summed E-state index contributed by atoms with van der Waals surface area (Å²) in [6.45, 7) is 12.1. The van der Waals surface area contributed by atoms with E-state index in [1.54, 1.807) is 30.3 Å². The van der Waals surface area contributed by atoms with Gasteiger partial charge in [0.2, 0.25) is 10.0 Å². The summed E-state index contributed by atoms with van der Waals surface area (Å²) in [6, 6.07) is 19.7. The van der Waals surface area contributed by atoms with Gasteiger partial charge in [0.15, 0.2) is 8.32 Å². The van der Waals surface area contributed by atoms with E-state index in [0.717, 1.165) is 15.4 Å². The Morgan fingerprint density at radius 3 is 2.16 bits per heavy atom. The van der Waals surface area contributed by atoms with Crippen molar-refractivity contribution < 1.29 is 27.3 Å². The molecule has 0 saturated carbocycles. The molecule has 238 valence electrons. The molecule has 0 radical (unpaired) electrons. The number of ether oxygens (including phenoxy) is 1. The number of hydrogen-bond donors (Lipinski definition) is 1. The van der Waals surface area contributed by atoms with E-state index in [1.807, 2.05) is 37.3 Å². The second-order valence-corrected chi connectivity index (χ2v) is 19.0. The fourth-order valence-corrected chi connectivity index (χ4v) is 7.05. The maximum absolute atomic E-state index is 14.4. The lowest BCUT2D eigenvalue weighted by molar-refractivity contribution is -0.384. The zero-order valence-electron chi connectivity index (χ0n) is 26.4. The smallest absolute Gasteiger partial charge is 0.324 e. The summed E-state index contributed by atoms with van der Waals surface area (Å²) in [5, 5.41) is 14.9. The summed E-state index contributed by atoms with van der Waals surface area (Å²) in [5.41, 5.74) is 1.68. The first-order chi connectivity index (χ1) is 20.6. The Labute approximate surface area is 261 Å². The van der Waals surface area contributed by atoms with Crippen molar-refractivity contribution in [2.75, 3.05) is 25.6 Å². The molecule has 0 aliphatic carbocycles. The Morgan fingerprint density at radius 1 is 1.00 bits per heavy atom. The average Bonchev–Trinajstić information content (AvgIpc) is 2.97. The van der Waals surface area contributed by atoms with E-state index in [-0.39, 0.29) is 40.9 Å². The number of hydrogen-bond acceptors (Lipinski definition) is 8. The first-order valence-electron chi connectivity index (χ1n) is 14.4. The van der Waals surface area contributed by atoms with Gasteiger partial charge in [-0.15, -0.1) is 0 Å². The lowest BCUT2D eigenvalue weighted by Crippen LogP contribution is -2.53. The second-order valence-electron chi connectivity index (χ2n) is 12.3. The van der Waals surface area contributed by atoms with Gasteiger partial charge in [-0.1, -0.05) is 80.9 Å². The number of nitro groups is 1. The minimum Gasteiger partial charge on any atom is -0.468 e. The SMILES string of the molecule is COC(=O)[C@H](Cc1ccccc1)N(C[C@H](CO[Si](C)(C)C(C)(C)C)Nc1ccccc1[N+](=O)[O-])S(=O)(=O)c1ccc(C)cc1. The maximum atomic E-state index is 14.4. The number of carbonyl (C=O) groups excluding carboxylic acids is 1. The molecule has 0 fully saturated rings. The first kappa shape index (κ1) is 34.9. The van der Waals surface area contributed by atoms with Crippen molar-refractivity contribution in [1.29, 1.82) is 0 Å². The topological polar surface area (TPSA) is 128 Å². The molecule has 2 atom stereocenters. The number of para-hydroxylation sites is 2. The van der Waals surface area contributed by atoms with E-state index < -0.39 is 41.3 Å². The van der Waals surface area contributed by atoms with Crippen LogP contribution in [0.15, 0.2) is 83.8 Å². The van der Waals surface area contributed by atoms with Crippen LogP contribution in [0, 0.1) is 17.0 Å². The Kier molecular flexibility index (Phi) is 11.5. The third-order valence-electron chi connectivity index (χ3n) is 8.03. The first-order valence-corrected chi connectivity index (χ1v) is 18.8. The van der Waals surface area contributed by atoms with Gasteiger partial charge in [-0.05, 0) is 55.2 Å². The van der Waals surface area contributed by atoms with Crippen LogP contribution in [-0.4, -0.2) is 64.3 Å². The van der Waals surface area contributed by atoms with Crippen molar-refractivity contribution in [1.82, 2.24) is 4.31 Å². The number of rotatable bonds is 14. The lowest BCUT2D eigenvalue weighted by Gasteiger charge is -2.38. The van der Waals surface area contributed by atoms with Crippen LogP contribution in [0.4, 0.5) is 11.4 Å². The maximum Gasteiger partial charge on any atom is 0.324 e. The third-order valence-corrected chi connectivity index (χ3v) is 14.4. The molecule has 44 heavy (non-hydrogen) atoms. The molecule has 0 aliphatic heterocycles. The lowest BCUT2D eigenvalue weighted by atomic mass is 10.1. The summed E-state index contributed by atoms with van der Waals surface area (Å²) in [6.07, 6.45) is 0.0555. The van der Waals surface area contributed by atoms with Crippen LogP contribution in [0.1, 0.15) is 31.9 Å². The monoisotopic (exact) mass is 641 g/mol. The van der Waals surface area contributed by atoms with Crippen molar-refractivity contribution in [3.05, 3.63) is 100 Å². The predicted octanol–water partition coefficient (Wildman–Crippen LogP) is 6.18. The number of aryl methyl sites for hydroxylation is 1. The molecular weight excluding hydrogens is 599 g/mol. The van der Waals surface area contributed by atoms with Gasteiger partial charge in [0.1, 0.15) is 11.7 Å². The van der Waals surface area contributed by atoms with Gasteiger partial charge in [0, 0.05) is 12.6 Å². The number of esters is 1. The van der Waals surface area contributed by atoms with Crippen LogP contribution in [-0.2, 0) is 30.4 Å². The van der Waals surface area contributed by atoms with Gasteiger partial charge < -0.3 is 14.5 Å². The van der Waals surface area contributed by atoms with Gasteiger partial charge in [-0.3, -0.25) is 14.9 Å². The van der Waals surface area contributed by atoms with Gasteiger partial charge in [0.25, 0.3) is 5.69 Å². The van der Waals surface area contributed by atoms with Crippen LogP contribution in [0.2, 0.25) is 18.1 Å². The van der Waals surface area contributed by atoms with Crippen LogP contribution in [0.5, 0.6) is 0 Å². The number of methoxy groups -OCH3 is 1. The molecule has 1 N–H and O–H groups in total. The fourth-order valence-electron chi connectivity index (χ4n) is 4.37. The molecule has 0 amide bonds. The average molecular weight is 642 g/mol. The van der Waals surface area contributed by atoms with Crippen LogP contribution in [0.3, 0.4) is 0 Å². The molecule has 0 aromatic heterocycles. The standard InChI is InChI=1S/C32H43N3O7SSi/c1-24-17-19-27(20-18-24)43(39,40)34(30(31(36)41-5)21-25-13-9-8-10-14-25)22-26(23-42-44(6,7)32(2,3)4)33-28-15-11-12-16-29(28)35(37)38/h8-20,26,30,33H,21-23H2,1-7H3/t26-,30+/m1/s1. The Balaban J connectivity index is 2.15. The van der Waals surface area contributed by atoms with Crippen LogP contribution < -0.4 is 5.32 Å². The molecule has 3 rings (SSSR count). The highest BCUT2D eigenvalue weighted by atomic mass is 32.2. The van der Waals surface area contributed by atoms with E-state index in [4.69, 9.17) is 9.16 Å². The van der Waals surface area contributed by atoms with Crippen molar-refractivity contribution in [3.8, 4) is 0 Å². The summed E-state index contributed by atoms with van der Waals surface area (Å²) in [5.74, 6) is -0.723. The highest BCUT2D eigenvalue weighted by Crippen LogP contribution is 2.37. The molecular formula is C32H43N3O7SSi. The molecule has 12 heteroatoms. The van der Waals surface area contributed by atoms with E-state index >= 15 is 0 Å². The largest absolute Gasteiger partial charge is 0.468 e. The van der Waals surface area contributed by atoms with Gasteiger partial charge in [-0.25, -0.2) is 8.42 Å². The molecule has 0 unspecified atom stereocenters. The zero-order chi connectivity index (χ0) is 32.7. The normalized spacial score (nSPS) is 13.7. The Morgan fingerprint density at radius 2 is 1.59 bits per heavy atom. The Hall–Kier alpha value is -3.58. The highest BCUT2D eigenvalue weighted by molar-refractivity contribution is 7.89. The summed E-state index contributed by atoms with van der Waals surface area (Å²) < 4.78 is 41.5. The molecule has 3 aromatic rings. The van der Waals surface area contributed by atoms with Gasteiger partial charge >= 0.3 is 5.97 Å². The fraction of sp³-hybridized carbons (Fsp3) is 0.406. The number of nitrogens with zero attached hydrogens (tertiary/aromatic N) is 2. The van der Waals surface area contributed by atoms with Gasteiger partial charge in [0.05, 0.1) is 29.6 Å². The number of nitrogens with one attached hydrogen (secondary N) is 1. The molecule has 10 nitrogen and oxygen atoms in total. The number of nitro benzene ring substituents is 1. The quantitative estimate of drug-likeness (QED) is 0.0957. The number of sulfonamides is 1. The van der Waals surface area contributed by atoms with E-state index in [9.17, 15) is 23.3 Å². The Bertz CT molecular complexity index is 1530. The van der Waals surface area contributed by atoms with Crippen molar-refractivity contribution in [2.24, 2.45) is 0 Å². The summed E-state index contributed by atoms with van der Waals surface area (Å²) >= 11 is 0. The summed E-state index contributed by atoms with van der Waals surface area (Å²) in [7, 11) is -5.39. The molecule has 0 heterocycles. The number of carbonyl (C=O) groups is 1. The van der Waals surface area contributed by atoms with Crippen LogP contribution in [0.25, 0.3) is 0 Å². The number of benzene rings is 3. The van der Waals surface area contributed by atoms with Gasteiger partial charge in [-0.2, -0.15) is 4.31 Å². The zero-order valence-corrected chi connectivity index (χ0v) is 28.3. The predicted molar refractivity (Wildman–Crippen MR) is 175 cm³/mol. The third kappa shape index (κ3) is 8.75. The highest BCUT2D eigenvalue weighted by Gasteiger charge is 2.41. The van der Waals surface area contributed by atoms with Crippen molar-refractivity contribution in [3.63, 3.8) is 0 Å².